The first kappa shape index (κ1) is 9.14. The maximum absolute atomic E-state index is 10.7. The molecular formula is C8H12N4O2. The van der Waals surface area contributed by atoms with Crippen molar-refractivity contribution in [2.24, 2.45) is 0 Å². The van der Waals surface area contributed by atoms with Crippen molar-refractivity contribution in [3.8, 4) is 0 Å². The Labute approximate surface area is 81.3 Å². The van der Waals surface area contributed by atoms with Crippen LogP contribution in [0.5, 0.6) is 0 Å². The van der Waals surface area contributed by atoms with Crippen LogP contribution >= 0.6 is 0 Å². The lowest BCUT2D eigenvalue weighted by Crippen LogP contribution is -2.34. The van der Waals surface area contributed by atoms with Gasteiger partial charge in [0.2, 0.25) is 0 Å². The molecule has 6 heteroatoms. The van der Waals surface area contributed by atoms with Crippen molar-refractivity contribution in [1.29, 1.82) is 0 Å². The Morgan fingerprint density at radius 2 is 2.36 bits per heavy atom. The zero-order valence-electron chi connectivity index (χ0n) is 8.17. The number of fused-ring (bicyclic) bond motifs is 1. The predicted molar refractivity (Wildman–Crippen MR) is 49.9 cm³/mol. The molecule has 0 aromatic carbocycles. The quantitative estimate of drug-likeness (QED) is 0.492. The molecule has 6 nitrogen and oxygen atoms in total. The van der Waals surface area contributed by atoms with Crippen molar-refractivity contribution < 1.29 is 4.92 Å². The van der Waals surface area contributed by atoms with Crippen LogP contribution in [0, 0.1) is 10.1 Å². The Kier molecular flexibility index (Phi) is 1.99. The van der Waals surface area contributed by atoms with E-state index in [1.807, 2.05) is 14.0 Å². The molecule has 0 spiro atoms. The summed E-state index contributed by atoms with van der Waals surface area (Å²) < 4.78 is 1.72. The Morgan fingerprint density at radius 1 is 1.64 bits per heavy atom. The van der Waals surface area contributed by atoms with Crippen LogP contribution in [0.15, 0.2) is 6.20 Å². The highest BCUT2D eigenvalue weighted by Crippen LogP contribution is 2.30. The van der Waals surface area contributed by atoms with Crippen LogP contribution in [0.25, 0.3) is 0 Å². The molecule has 76 valence electrons. The summed E-state index contributed by atoms with van der Waals surface area (Å²) in [7, 11) is 1.96. The molecule has 0 N–H and O–H groups in total. The largest absolute Gasteiger partial charge is 0.311 e. The Balaban J connectivity index is 2.49. The first-order valence-electron chi connectivity index (χ1n) is 4.51. The molecule has 0 amide bonds. The number of hydrogen-bond donors (Lipinski definition) is 0. The van der Waals surface area contributed by atoms with E-state index in [2.05, 4.69) is 10.00 Å². The van der Waals surface area contributed by atoms with E-state index in [4.69, 9.17) is 0 Å². The van der Waals surface area contributed by atoms with Crippen molar-refractivity contribution in [2.75, 3.05) is 13.6 Å². The van der Waals surface area contributed by atoms with Gasteiger partial charge in [-0.25, -0.2) is 0 Å². The molecule has 2 heterocycles. The Hall–Kier alpha value is -1.43. The van der Waals surface area contributed by atoms with Crippen molar-refractivity contribution in [1.82, 2.24) is 14.7 Å². The van der Waals surface area contributed by atoms with E-state index in [9.17, 15) is 10.1 Å². The Morgan fingerprint density at radius 3 is 3.00 bits per heavy atom. The highest BCUT2D eigenvalue weighted by atomic mass is 16.6. The fraction of sp³-hybridized carbons (Fsp3) is 0.625. The number of hydrogen-bond acceptors (Lipinski definition) is 4. The van der Waals surface area contributed by atoms with Crippen LogP contribution in [0.3, 0.4) is 0 Å². The van der Waals surface area contributed by atoms with E-state index in [1.54, 1.807) is 4.68 Å². The van der Waals surface area contributed by atoms with Gasteiger partial charge in [-0.3, -0.25) is 19.7 Å². The first-order valence-corrected chi connectivity index (χ1v) is 4.51. The number of aromatic nitrogens is 2. The molecule has 2 rings (SSSR count). The highest BCUT2D eigenvalue weighted by Gasteiger charge is 2.30. The molecule has 0 radical (unpaired) electrons. The maximum Gasteiger partial charge on any atom is 0.311 e. The van der Waals surface area contributed by atoms with Crippen LogP contribution in [-0.2, 0) is 6.54 Å². The summed E-state index contributed by atoms with van der Waals surface area (Å²) >= 11 is 0. The third kappa shape index (κ3) is 1.19. The second-order valence-electron chi connectivity index (χ2n) is 3.55. The summed E-state index contributed by atoms with van der Waals surface area (Å²) in [5.41, 5.74) is 0.841. The van der Waals surface area contributed by atoms with Crippen molar-refractivity contribution in [3.63, 3.8) is 0 Å². The molecule has 0 saturated carbocycles. The molecule has 0 aliphatic carbocycles. The van der Waals surface area contributed by atoms with E-state index in [-0.39, 0.29) is 16.7 Å². The Bertz CT molecular complexity index is 373. The standard InChI is InChI=1S/C8H12N4O2/c1-6-8-7(12(13)14)5-9-11(8)4-3-10(6)2/h5-6H,3-4H2,1-2H3/t6-/m1/s1. The van der Waals surface area contributed by atoms with Gasteiger partial charge in [-0.15, -0.1) is 0 Å². The summed E-state index contributed by atoms with van der Waals surface area (Å²) in [6.45, 7) is 3.57. The molecule has 0 fully saturated rings. The van der Waals surface area contributed by atoms with E-state index in [0.717, 1.165) is 13.1 Å². The van der Waals surface area contributed by atoms with Gasteiger partial charge in [-0.05, 0) is 14.0 Å². The van der Waals surface area contributed by atoms with Crippen LogP contribution in [0.2, 0.25) is 0 Å². The molecular weight excluding hydrogens is 184 g/mol. The molecule has 1 aromatic rings. The molecule has 14 heavy (non-hydrogen) atoms. The highest BCUT2D eigenvalue weighted by molar-refractivity contribution is 5.36. The van der Waals surface area contributed by atoms with Gasteiger partial charge < -0.3 is 0 Å². The van der Waals surface area contributed by atoms with Crippen LogP contribution in [0.1, 0.15) is 18.7 Å². The lowest BCUT2D eigenvalue weighted by molar-refractivity contribution is -0.386. The summed E-state index contributed by atoms with van der Waals surface area (Å²) in [5, 5.41) is 14.7. The second-order valence-corrected chi connectivity index (χ2v) is 3.55. The number of likely N-dealkylation sites (N-methyl/N-ethyl adjacent to an activating group) is 1. The van der Waals surface area contributed by atoms with Crippen LogP contribution < -0.4 is 0 Å². The third-order valence-corrected chi connectivity index (χ3v) is 2.78. The molecule has 1 atom stereocenters. The summed E-state index contributed by atoms with van der Waals surface area (Å²) in [6.07, 6.45) is 1.34. The average Bonchev–Trinajstić information content (AvgIpc) is 2.55. The average molecular weight is 196 g/mol. The van der Waals surface area contributed by atoms with E-state index < -0.39 is 0 Å². The topological polar surface area (TPSA) is 64.2 Å². The van der Waals surface area contributed by atoms with Crippen LogP contribution in [0.4, 0.5) is 5.69 Å². The van der Waals surface area contributed by atoms with Gasteiger partial charge in [0.05, 0.1) is 17.5 Å². The monoisotopic (exact) mass is 196 g/mol. The van der Waals surface area contributed by atoms with Gasteiger partial charge >= 0.3 is 5.69 Å². The van der Waals surface area contributed by atoms with Gasteiger partial charge in [0.25, 0.3) is 0 Å². The number of nitro groups is 1. The van der Waals surface area contributed by atoms with Crippen molar-refractivity contribution >= 4 is 5.69 Å². The lowest BCUT2D eigenvalue weighted by Gasteiger charge is -2.29. The number of nitrogens with zero attached hydrogens (tertiary/aromatic N) is 4. The second kappa shape index (κ2) is 3.06. The van der Waals surface area contributed by atoms with Crippen LogP contribution in [-0.4, -0.2) is 33.2 Å². The minimum absolute atomic E-state index is 0.0617. The van der Waals surface area contributed by atoms with E-state index in [1.165, 1.54) is 6.20 Å². The minimum atomic E-state index is -0.367. The fourth-order valence-electron chi connectivity index (χ4n) is 1.79. The summed E-state index contributed by atoms with van der Waals surface area (Å²) in [5.74, 6) is 0. The van der Waals surface area contributed by atoms with Gasteiger partial charge in [0, 0.05) is 6.54 Å². The summed E-state index contributed by atoms with van der Waals surface area (Å²) in [6, 6.07) is 0.0617. The zero-order valence-corrected chi connectivity index (χ0v) is 8.17. The zero-order chi connectivity index (χ0) is 10.3. The lowest BCUT2D eigenvalue weighted by atomic mass is 10.1. The molecule has 1 aliphatic rings. The first-order chi connectivity index (χ1) is 6.61. The molecule has 1 aromatic heterocycles. The third-order valence-electron chi connectivity index (χ3n) is 2.78. The van der Waals surface area contributed by atoms with Gasteiger partial charge in [-0.2, -0.15) is 5.10 Å². The van der Waals surface area contributed by atoms with Crippen molar-refractivity contribution in [3.05, 3.63) is 22.0 Å². The van der Waals surface area contributed by atoms with Gasteiger partial charge in [0.15, 0.2) is 0 Å². The van der Waals surface area contributed by atoms with Gasteiger partial charge in [0.1, 0.15) is 11.9 Å². The fourth-order valence-corrected chi connectivity index (χ4v) is 1.79. The molecule has 0 bridgehead atoms. The van der Waals surface area contributed by atoms with E-state index >= 15 is 0 Å². The SMILES string of the molecule is C[C@@H]1c2c([N+](=O)[O-])cnn2CCN1C. The van der Waals surface area contributed by atoms with Gasteiger partial charge in [-0.1, -0.05) is 0 Å². The molecule has 0 saturated heterocycles. The van der Waals surface area contributed by atoms with E-state index in [0.29, 0.717) is 5.69 Å². The molecule has 1 aliphatic heterocycles. The normalized spacial score (nSPS) is 22.0. The maximum atomic E-state index is 10.7. The minimum Gasteiger partial charge on any atom is -0.296 e. The molecule has 0 unspecified atom stereocenters. The smallest absolute Gasteiger partial charge is 0.296 e. The number of rotatable bonds is 1. The summed E-state index contributed by atoms with van der Waals surface area (Å²) in [4.78, 5) is 12.4. The van der Waals surface area contributed by atoms with Crippen molar-refractivity contribution in [2.45, 2.75) is 19.5 Å². The predicted octanol–water partition coefficient (Wildman–Crippen LogP) is 0.798.